The van der Waals surface area contributed by atoms with Crippen LogP contribution < -0.4 is 10.6 Å². The lowest BCUT2D eigenvalue weighted by Crippen LogP contribution is -2.51. The first-order valence-corrected chi connectivity index (χ1v) is 22.9. The molecule has 5 aliphatic rings. The van der Waals surface area contributed by atoms with E-state index in [0.717, 1.165) is 70.9 Å². The lowest BCUT2D eigenvalue weighted by molar-refractivity contribution is -0.136. The van der Waals surface area contributed by atoms with Crippen molar-refractivity contribution in [3.05, 3.63) is 77.6 Å². The van der Waals surface area contributed by atoms with Crippen LogP contribution >= 0.6 is 0 Å². The summed E-state index contributed by atoms with van der Waals surface area (Å²) < 4.78 is 9.61. The van der Waals surface area contributed by atoms with Crippen molar-refractivity contribution in [3.63, 3.8) is 0 Å². The number of aromatic nitrogens is 5. The number of H-pyrrole nitrogens is 2. The fraction of sp³-hybridized carbons (Fsp3) is 0.490. The number of hydrogen-bond acceptors (Lipinski definition) is 9. The minimum atomic E-state index is -0.695. The maximum atomic E-state index is 13.8. The fourth-order valence-corrected chi connectivity index (χ4v) is 10.8. The molecule has 336 valence electrons. The largest absolute Gasteiger partial charge is 0.453 e. The second-order valence-corrected chi connectivity index (χ2v) is 18.6. The number of rotatable bonds is 11. The average molecular weight is 870 g/mol. The third-order valence-corrected chi connectivity index (χ3v) is 14.1. The van der Waals surface area contributed by atoms with Crippen LogP contribution in [0, 0.1) is 11.8 Å². The third-order valence-electron chi connectivity index (χ3n) is 14.1. The van der Waals surface area contributed by atoms with Gasteiger partial charge in [0.05, 0.1) is 54.9 Å². The number of carbonyl (C=O) groups is 4. The van der Waals surface area contributed by atoms with E-state index in [1.807, 2.05) is 49.9 Å². The zero-order valence-electron chi connectivity index (χ0n) is 37.6. The van der Waals surface area contributed by atoms with Crippen molar-refractivity contribution in [3.8, 4) is 33.6 Å². The maximum Gasteiger partial charge on any atom is 0.407 e. The number of hydrogen-bond donors (Lipinski definition) is 4. The van der Waals surface area contributed by atoms with Gasteiger partial charge in [0.15, 0.2) is 0 Å². The normalized spacial score (nSPS) is 21.3. The summed E-state index contributed by atoms with van der Waals surface area (Å²) in [7, 11) is 2.60. The van der Waals surface area contributed by atoms with Gasteiger partial charge in [0.1, 0.15) is 23.7 Å². The van der Waals surface area contributed by atoms with Crippen LogP contribution in [0.1, 0.15) is 126 Å². The Balaban J connectivity index is 0.963. The summed E-state index contributed by atoms with van der Waals surface area (Å²) in [6, 6.07) is 13.3. The van der Waals surface area contributed by atoms with E-state index < -0.39 is 24.3 Å². The molecule has 0 unspecified atom stereocenters. The first kappa shape index (κ1) is 43.0. The number of alkyl carbamates (subject to hydrolysis) is 2. The van der Waals surface area contributed by atoms with Gasteiger partial charge in [0, 0.05) is 30.4 Å². The van der Waals surface area contributed by atoms with Crippen molar-refractivity contribution in [2.45, 2.75) is 115 Å². The Morgan fingerprint density at radius 1 is 0.656 bits per heavy atom. The number of carbonyl (C=O) groups excluding carboxylic acids is 4. The van der Waals surface area contributed by atoms with Crippen molar-refractivity contribution in [2.75, 3.05) is 27.3 Å². The number of imidazole rings is 2. The summed E-state index contributed by atoms with van der Waals surface area (Å²) in [5, 5.41) is 5.46. The standard InChI is InChI=1S/C49H59N9O6/c1-26(2)42(55-48(61)63-5)46(59)57-21-7-9-38(57)44-51-25-37(54-44)31-16-19-34(50-24-31)33-18-17-32(40-28-11-13-29(14-12-28)41(33)40)30-15-20-35-36(23-30)53-45(52-35)39-10-8-22-58(39)47(60)43(27(3)4)56-49(62)64-6/h15-20,23-29,38-39,42-43H,7-14,21-22H2,1-6H3,(H,51,54)(H,52,53)(H,55,61)(H,56,62)/t28?,29?,38-,39-,42-,43-/m0/s1. The molecule has 3 aliphatic carbocycles. The first-order chi connectivity index (χ1) is 30.9. The van der Waals surface area contributed by atoms with Crippen LogP contribution in [0.5, 0.6) is 0 Å². The molecule has 4 N–H and O–H groups in total. The number of benzene rings is 2. The third kappa shape index (κ3) is 7.98. The molecule has 2 saturated heterocycles. The number of amides is 4. The molecule has 4 atom stereocenters. The molecule has 64 heavy (non-hydrogen) atoms. The fourth-order valence-electron chi connectivity index (χ4n) is 10.8. The van der Waals surface area contributed by atoms with Crippen LogP contribution in [-0.2, 0) is 19.1 Å². The molecule has 5 heterocycles. The molecule has 2 aliphatic heterocycles. The van der Waals surface area contributed by atoms with Crippen molar-refractivity contribution >= 4 is 35.0 Å². The van der Waals surface area contributed by atoms with Gasteiger partial charge in [-0.05, 0) is 122 Å². The van der Waals surface area contributed by atoms with E-state index in [1.165, 1.54) is 62.2 Å². The van der Waals surface area contributed by atoms with Gasteiger partial charge < -0.3 is 39.9 Å². The van der Waals surface area contributed by atoms with E-state index in [1.54, 1.807) is 0 Å². The molecule has 3 fully saturated rings. The molecule has 4 amide bonds. The summed E-state index contributed by atoms with van der Waals surface area (Å²) in [6.45, 7) is 8.85. The number of fused-ring (bicyclic) bond motifs is 3. The molecule has 1 saturated carbocycles. The van der Waals surface area contributed by atoms with E-state index in [9.17, 15) is 19.2 Å². The number of likely N-dealkylation sites (tertiary alicyclic amines) is 2. The molecule has 3 aromatic heterocycles. The summed E-state index contributed by atoms with van der Waals surface area (Å²) >= 11 is 0. The lowest BCUT2D eigenvalue weighted by atomic mass is 9.64. The van der Waals surface area contributed by atoms with E-state index in [2.05, 4.69) is 63.1 Å². The molecular formula is C49H59N9O6. The predicted octanol–water partition coefficient (Wildman–Crippen LogP) is 8.53. The Labute approximate surface area is 373 Å². The van der Waals surface area contributed by atoms with Crippen LogP contribution in [0.4, 0.5) is 9.59 Å². The number of methoxy groups -OCH3 is 2. The predicted molar refractivity (Wildman–Crippen MR) is 242 cm³/mol. The molecule has 15 nitrogen and oxygen atoms in total. The highest BCUT2D eigenvalue weighted by atomic mass is 16.5. The van der Waals surface area contributed by atoms with Gasteiger partial charge in [-0.3, -0.25) is 14.6 Å². The summed E-state index contributed by atoms with van der Waals surface area (Å²) in [4.78, 5) is 77.2. The van der Waals surface area contributed by atoms with Gasteiger partial charge >= 0.3 is 12.2 Å². The molecule has 15 heteroatoms. The van der Waals surface area contributed by atoms with Gasteiger partial charge in [0.25, 0.3) is 0 Å². The monoisotopic (exact) mass is 869 g/mol. The average Bonchev–Trinajstić information content (AvgIpc) is 4.16. The van der Waals surface area contributed by atoms with Crippen LogP contribution in [0.3, 0.4) is 0 Å². The Morgan fingerprint density at radius 3 is 1.78 bits per heavy atom. The van der Waals surface area contributed by atoms with E-state index in [4.69, 9.17) is 24.4 Å². The van der Waals surface area contributed by atoms with E-state index in [0.29, 0.717) is 24.9 Å². The quantitative estimate of drug-likeness (QED) is 0.101. The summed E-state index contributed by atoms with van der Waals surface area (Å²) in [6.07, 6.45) is 10.4. The number of aromatic amines is 2. The summed E-state index contributed by atoms with van der Waals surface area (Å²) in [5.41, 5.74) is 10.9. The molecule has 0 spiro atoms. The van der Waals surface area contributed by atoms with Gasteiger partial charge in [-0.1, -0.05) is 45.9 Å². The maximum absolute atomic E-state index is 13.8. The van der Waals surface area contributed by atoms with Gasteiger partial charge in [-0.25, -0.2) is 19.6 Å². The molecule has 10 rings (SSSR count). The molecule has 2 bridgehead atoms. The number of nitrogens with one attached hydrogen (secondary N) is 4. The SMILES string of the molecule is COC(=O)N[C@H](C(=O)N1CCC[C@H]1c1ncc(-c2ccc(-c3ccc(-c4ccc5nc([C@@H]6CCCN6C(=O)[C@@H](NC(=O)OC)C(C)C)[nH]c5c4)c4c3C3CCC4CC3)nc2)[nH]1)C(C)C. The Bertz CT molecular complexity index is 2560. The highest BCUT2D eigenvalue weighted by Crippen LogP contribution is 2.55. The lowest BCUT2D eigenvalue weighted by Gasteiger charge is -2.41. The van der Waals surface area contributed by atoms with Gasteiger partial charge in [-0.2, -0.15) is 0 Å². The van der Waals surface area contributed by atoms with Gasteiger partial charge in [0.2, 0.25) is 11.8 Å². The highest BCUT2D eigenvalue weighted by Gasteiger charge is 2.40. The Morgan fingerprint density at radius 2 is 1.22 bits per heavy atom. The number of pyridine rings is 1. The Kier molecular flexibility index (Phi) is 11.9. The molecular weight excluding hydrogens is 811 g/mol. The smallest absolute Gasteiger partial charge is 0.407 e. The van der Waals surface area contributed by atoms with Crippen molar-refractivity contribution in [1.82, 2.24) is 45.4 Å². The molecule has 0 radical (unpaired) electrons. The van der Waals surface area contributed by atoms with Gasteiger partial charge in [-0.15, -0.1) is 0 Å². The zero-order valence-corrected chi connectivity index (χ0v) is 37.6. The highest BCUT2D eigenvalue weighted by molar-refractivity contribution is 5.88. The minimum Gasteiger partial charge on any atom is -0.453 e. The van der Waals surface area contributed by atoms with E-state index in [-0.39, 0.29) is 35.7 Å². The molecule has 2 aromatic carbocycles. The van der Waals surface area contributed by atoms with Crippen molar-refractivity contribution in [2.24, 2.45) is 11.8 Å². The first-order valence-electron chi connectivity index (χ1n) is 22.9. The van der Waals surface area contributed by atoms with Crippen LogP contribution in [0.25, 0.3) is 44.7 Å². The second-order valence-electron chi connectivity index (χ2n) is 18.6. The van der Waals surface area contributed by atoms with Crippen LogP contribution in [0.2, 0.25) is 0 Å². The van der Waals surface area contributed by atoms with Crippen molar-refractivity contribution < 1.29 is 28.7 Å². The van der Waals surface area contributed by atoms with Crippen LogP contribution in [0.15, 0.2) is 54.9 Å². The molecule has 5 aromatic rings. The minimum absolute atomic E-state index is 0.108. The second kappa shape index (κ2) is 17.7. The van der Waals surface area contributed by atoms with Crippen molar-refractivity contribution in [1.29, 1.82) is 0 Å². The summed E-state index contributed by atoms with van der Waals surface area (Å²) in [5.74, 6) is 1.94. The number of nitrogens with zero attached hydrogens (tertiary/aromatic N) is 5. The number of ether oxygens (including phenoxy) is 2. The topological polar surface area (TPSA) is 188 Å². The van der Waals surface area contributed by atoms with Crippen LogP contribution in [-0.4, -0.2) is 98.1 Å². The Hall–Kier alpha value is -6.25. The van der Waals surface area contributed by atoms with E-state index >= 15 is 0 Å². The zero-order chi connectivity index (χ0) is 44.8.